The fraction of sp³-hybridized carbons (Fsp3) is 0.467. The van der Waals surface area contributed by atoms with Gasteiger partial charge in [0.15, 0.2) is 0 Å². The van der Waals surface area contributed by atoms with E-state index in [1.165, 1.54) is 0 Å². The molecule has 7 heteroatoms. The predicted molar refractivity (Wildman–Crippen MR) is 80.6 cm³/mol. The molecule has 0 bridgehead atoms. The first-order valence-electron chi connectivity index (χ1n) is 7.36. The van der Waals surface area contributed by atoms with E-state index in [2.05, 4.69) is 20.4 Å². The Morgan fingerprint density at radius 1 is 1.36 bits per heavy atom. The summed E-state index contributed by atoms with van der Waals surface area (Å²) in [6.45, 7) is 4.35. The van der Waals surface area contributed by atoms with Crippen LogP contribution in [-0.2, 0) is 0 Å². The molecule has 0 spiro atoms. The maximum absolute atomic E-state index is 12.6. The van der Waals surface area contributed by atoms with Gasteiger partial charge in [-0.2, -0.15) is 0 Å². The molecule has 2 aromatic heterocycles. The lowest BCUT2D eigenvalue weighted by molar-refractivity contribution is 0.0690. The van der Waals surface area contributed by atoms with Crippen molar-refractivity contribution in [1.29, 1.82) is 0 Å². The highest BCUT2D eigenvalue weighted by Crippen LogP contribution is 2.33. The summed E-state index contributed by atoms with van der Waals surface area (Å²) in [5.41, 5.74) is 1.56. The number of nitrogens with one attached hydrogen (secondary N) is 1. The minimum atomic E-state index is -0.134. The molecule has 116 valence electrons. The van der Waals surface area contributed by atoms with Crippen LogP contribution in [-0.4, -0.2) is 39.5 Å². The molecule has 1 saturated heterocycles. The van der Waals surface area contributed by atoms with Crippen molar-refractivity contribution in [2.75, 3.05) is 18.9 Å². The Hall–Kier alpha value is -2.44. The third-order valence-electron chi connectivity index (χ3n) is 3.81. The average molecular weight is 301 g/mol. The largest absolute Gasteiger partial charge is 0.373 e. The first kappa shape index (κ1) is 14.5. The monoisotopic (exact) mass is 301 g/mol. The van der Waals surface area contributed by atoms with Gasteiger partial charge in [0.2, 0.25) is 5.76 Å². The highest BCUT2D eigenvalue weighted by molar-refractivity contribution is 5.92. The van der Waals surface area contributed by atoms with E-state index in [0.29, 0.717) is 18.1 Å². The van der Waals surface area contributed by atoms with Gasteiger partial charge in [-0.05, 0) is 26.7 Å². The molecule has 1 fully saturated rings. The highest BCUT2D eigenvalue weighted by atomic mass is 16.5. The fourth-order valence-corrected chi connectivity index (χ4v) is 2.81. The van der Waals surface area contributed by atoms with E-state index in [1.807, 2.05) is 20.0 Å². The van der Waals surface area contributed by atoms with Gasteiger partial charge in [-0.25, -0.2) is 9.97 Å². The topological polar surface area (TPSA) is 84.2 Å². The molecule has 1 amide bonds. The second-order valence-corrected chi connectivity index (χ2v) is 5.46. The zero-order valence-electron chi connectivity index (χ0n) is 13.0. The maximum atomic E-state index is 12.6. The molecule has 0 aliphatic carbocycles. The molecule has 1 N–H and O–H groups in total. The van der Waals surface area contributed by atoms with Crippen LogP contribution in [0.4, 0.5) is 5.82 Å². The number of aromatic nitrogens is 3. The van der Waals surface area contributed by atoms with Gasteiger partial charge >= 0.3 is 0 Å². The molecule has 22 heavy (non-hydrogen) atoms. The standard InChI is InChI=1S/C15H19N5O2/c1-9-7-13(22-19-9)15(21)20-6-4-5-12(20)11-8-14(16-3)18-10(2)17-11/h7-8,12H,4-6H2,1-3H3,(H,16,17,18)/t12-/m1/s1. The van der Waals surface area contributed by atoms with Gasteiger partial charge in [-0.1, -0.05) is 5.16 Å². The van der Waals surface area contributed by atoms with Crippen molar-refractivity contribution in [3.63, 3.8) is 0 Å². The zero-order chi connectivity index (χ0) is 15.7. The Morgan fingerprint density at radius 3 is 2.86 bits per heavy atom. The van der Waals surface area contributed by atoms with Crippen molar-refractivity contribution in [2.45, 2.75) is 32.7 Å². The van der Waals surface area contributed by atoms with Crippen LogP contribution < -0.4 is 5.32 Å². The number of amides is 1. The first-order chi connectivity index (χ1) is 10.6. The van der Waals surface area contributed by atoms with Crippen LogP contribution in [0.25, 0.3) is 0 Å². The van der Waals surface area contributed by atoms with Crippen LogP contribution in [0.15, 0.2) is 16.7 Å². The average Bonchev–Trinajstić information content (AvgIpc) is 3.14. The van der Waals surface area contributed by atoms with Crippen molar-refractivity contribution in [2.24, 2.45) is 0 Å². The molecule has 0 saturated carbocycles. The molecular weight excluding hydrogens is 282 g/mol. The number of carbonyl (C=O) groups is 1. The number of anilines is 1. The number of hydrogen-bond donors (Lipinski definition) is 1. The van der Waals surface area contributed by atoms with Crippen LogP contribution in [0.5, 0.6) is 0 Å². The van der Waals surface area contributed by atoms with Crippen molar-refractivity contribution in [1.82, 2.24) is 20.0 Å². The van der Waals surface area contributed by atoms with E-state index < -0.39 is 0 Å². The van der Waals surface area contributed by atoms with Crippen LogP contribution in [0, 0.1) is 13.8 Å². The molecule has 0 aromatic carbocycles. The fourth-order valence-electron chi connectivity index (χ4n) is 2.81. The van der Waals surface area contributed by atoms with Crippen LogP contribution >= 0.6 is 0 Å². The summed E-state index contributed by atoms with van der Waals surface area (Å²) in [7, 11) is 1.82. The Kier molecular flexibility index (Phi) is 3.79. The quantitative estimate of drug-likeness (QED) is 0.934. The summed E-state index contributed by atoms with van der Waals surface area (Å²) in [5, 5.41) is 6.82. The lowest BCUT2D eigenvalue weighted by Crippen LogP contribution is -2.31. The van der Waals surface area contributed by atoms with E-state index in [9.17, 15) is 4.79 Å². The second-order valence-electron chi connectivity index (χ2n) is 5.46. The Labute approximate surface area is 128 Å². The molecular formula is C15H19N5O2. The van der Waals surface area contributed by atoms with Crippen LogP contribution in [0.3, 0.4) is 0 Å². The molecule has 3 rings (SSSR count). The molecule has 7 nitrogen and oxygen atoms in total. The number of hydrogen-bond acceptors (Lipinski definition) is 6. The first-order valence-corrected chi connectivity index (χ1v) is 7.36. The van der Waals surface area contributed by atoms with Gasteiger partial charge in [-0.15, -0.1) is 0 Å². The highest BCUT2D eigenvalue weighted by Gasteiger charge is 2.33. The number of nitrogens with zero attached hydrogens (tertiary/aromatic N) is 4. The predicted octanol–water partition coefficient (Wildman–Crippen LogP) is 2.10. The number of likely N-dealkylation sites (tertiary alicyclic amines) is 1. The van der Waals surface area contributed by atoms with Crippen LogP contribution in [0.1, 0.15) is 46.7 Å². The molecule has 0 radical (unpaired) electrons. The van der Waals surface area contributed by atoms with E-state index in [0.717, 1.165) is 24.4 Å². The van der Waals surface area contributed by atoms with Crippen LogP contribution in [0.2, 0.25) is 0 Å². The maximum Gasteiger partial charge on any atom is 0.293 e. The summed E-state index contributed by atoms with van der Waals surface area (Å²) in [5.74, 6) is 1.60. The molecule has 3 heterocycles. The van der Waals surface area contributed by atoms with E-state index in [1.54, 1.807) is 17.9 Å². The lowest BCUT2D eigenvalue weighted by atomic mass is 10.1. The van der Waals surface area contributed by atoms with Crippen molar-refractivity contribution in [3.8, 4) is 0 Å². The van der Waals surface area contributed by atoms with E-state index in [-0.39, 0.29) is 17.7 Å². The summed E-state index contributed by atoms with van der Waals surface area (Å²) >= 11 is 0. The smallest absolute Gasteiger partial charge is 0.293 e. The Balaban J connectivity index is 1.90. The summed E-state index contributed by atoms with van der Waals surface area (Å²) in [4.78, 5) is 23.2. The number of aryl methyl sites for hydroxylation is 2. The normalized spacial score (nSPS) is 17.8. The minimum absolute atomic E-state index is 0.0493. The van der Waals surface area contributed by atoms with E-state index in [4.69, 9.17) is 4.52 Å². The van der Waals surface area contributed by atoms with Gasteiger partial charge in [0, 0.05) is 25.7 Å². The third-order valence-corrected chi connectivity index (χ3v) is 3.81. The summed E-state index contributed by atoms with van der Waals surface area (Å²) in [6, 6.07) is 3.52. The van der Waals surface area contributed by atoms with Gasteiger partial charge in [0.05, 0.1) is 17.4 Å². The Morgan fingerprint density at radius 2 is 2.18 bits per heavy atom. The molecule has 1 aliphatic heterocycles. The SMILES string of the molecule is CNc1cc([C@H]2CCCN2C(=O)c2cc(C)no2)nc(C)n1. The second kappa shape index (κ2) is 5.75. The van der Waals surface area contributed by atoms with E-state index >= 15 is 0 Å². The lowest BCUT2D eigenvalue weighted by Gasteiger charge is -2.23. The van der Waals surface area contributed by atoms with Gasteiger partial charge < -0.3 is 14.7 Å². The Bertz CT molecular complexity index is 697. The zero-order valence-corrected chi connectivity index (χ0v) is 13.0. The van der Waals surface area contributed by atoms with Crippen molar-refractivity contribution < 1.29 is 9.32 Å². The molecule has 2 aromatic rings. The van der Waals surface area contributed by atoms with Gasteiger partial charge in [-0.3, -0.25) is 4.79 Å². The van der Waals surface area contributed by atoms with Gasteiger partial charge in [0.1, 0.15) is 11.6 Å². The summed E-state index contributed by atoms with van der Waals surface area (Å²) < 4.78 is 5.11. The van der Waals surface area contributed by atoms with Gasteiger partial charge in [0.25, 0.3) is 5.91 Å². The number of rotatable bonds is 3. The summed E-state index contributed by atoms with van der Waals surface area (Å²) in [6.07, 6.45) is 1.83. The minimum Gasteiger partial charge on any atom is -0.373 e. The molecule has 0 unspecified atom stereocenters. The molecule has 1 aliphatic rings. The van der Waals surface area contributed by atoms with Crippen molar-refractivity contribution in [3.05, 3.63) is 35.1 Å². The number of carbonyl (C=O) groups excluding carboxylic acids is 1. The third kappa shape index (κ3) is 2.66. The molecule has 1 atom stereocenters. The van der Waals surface area contributed by atoms with Crippen molar-refractivity contribution >= 4 is 11.7 Å².